The van der Waals surface area contributed by atoms with E-state index in [4.69, 9.17) is 9.47 Å². The minimum atomic E-state index is -0.454. The van der Waals surface area contributed by atoms with E-state index in [2.05, 4.69) is 4.90 Å². The fourth-order valence-electron chi connectivity index (χ4n) is 2.73. The van der Waals surface area contributed by atoms with Gasteiger partial charge in [-0.2, -0.15) is 0 Å². The monoisotopic (exact) mass is 300 g/mol. The fourth-order valence-corrected chi connectivity index (χ4v) is 2.73. The lowest BCUT2D eigenvalue weighted by Crippen LogP contribution is -2.52. The largest absolute Gasteiger partial charge is 0.444 e. The summed E-state index contributed by atoms with van der Waals surface area (Å²) in [6.45, 7) is 9.82. The number of aliphatic hydroxyl groups is 1. The molecule has 2 rings (SSSR count). The van der Waals surface area contributed by atoms with Crippen molar-refractivity contribution in [3.8, 4) is 0 Å². The summed E-state index contributed by atoms with van der Waals surface area (Å²) in [4.78, 5) is 15.9. The van der Waals surface area contributed by atoms with Gasteiger partial charge >= 0.3 is 6.09 Å². The maximum atomic E-state index is 12.0. The van der Waals surface area contributed by atoms with Crippen LogP contribution in [0.4, 0.5) is 4.79 Å². The molecule has 1 N–H and O–H groups in total. The number of nitrogens with zero attached hydrogens (tertiary/aromatic N) is 2. The van der Waals surface area contributed by atoms with Gasteiger partial charge in [0.1, 0.15) is 5.60 Å². The minimum Gasteiger partial charge on any atom is -0.444 e. The molecule has 0 saturated carbocycles. The number of hydrogen-bond donors (Lipinski definition) is 1. The first-order valence-electron chi connectivity index (χ1n) is 7.85. The van der Waals surface area contributed by atoms with Crippen molar-refractivity contribution < 1.29 is 19.4 Å². The number of hydrogen-bond acceptors (Lipinski definition) is 5. The van der Waals surface area contributed by atoms with Crippen LogP contribution in [0.25, 0.3) is 0 Å². The summed E-state index contributed by atoms with van der Waals surface area (Å²) in [6, 6.07) is 0. The standard InChI is InChI=1S/C15H28N2O4/c1-15(2,3)21-14(19)17-8-6-16(7-9-17)11-12(18)13-5-4-10-20-13/h12-13,18H,4-11H2,1-3H3. The highest BCUT2D eigenvalue weighted by atomic mass is 16.6. The summed E-state index contributed by atoms with van der Waals surface area (Å²) in [7, 11) is 0. The van der Waals surface area contributed by atoms with Crippen molar-refractivity contribution in [2.75, 3.05) is 39.3 Å². The number of carbonyl (C=O) groups excluding carboxylic acids is 1. The quantitative estimate of drug-likeness (QED) is 0.845. The van der Waals surface area contributed by atoms with Crippen molar-refractivity contribution in [1.29, 1.82) is 0 Å². The first kappa shape index (κ1) is 16.5. The van der Waals surface area contributed by atoms with Gasteiger partial charge in [0.05, 0.1) is 12.2 Å². The Bertz CT molecular complexity index is 342. The van der Waals surface area contributed by atoms with E-state index in [9.17, 15) is 9.90 Å². The molecule has 0 radical (unpaired) electrons. The summed E-state index contributed by atoms with van der Waals surface area (Å²) < 4.78 is 10.9. The van der Waals surface area contributed by atoms with Gasteiger partial charge in [-0.05, 0) is 33.6 Å². The van der Waals surface area contributed by atoms with Crippen LogP contribution in [-0.2, 0) is 9.47 Å². The SMILES string of the molecule is CC(C)(C)OC(=O)N1CCN(CC(O)C2CCCO2)CC1. The summed E-state index contributed by atoms with van der Waals surface area (Å²) in [5.41, 5.74) is -0.454. The average molecular weight is 300 g/mol. The number of aliphatic hydroxyl groups excluding tert-OH is 1. The van der Waals surface area contributed by atoms with Crippen molar-refractivity contribution >= 4 is 6.09 Å². The molecule has 0 aromatic carbocycles. The van der Waals surface area contributed by atoms with Gasteiger partial charge < -0.3 is 19.5 Å². The molecule has 2 heterocycles. The molecule has 0 spiro atoms. The molecular weight excluding hydrogens is 272 g/mol. The van der Waals surface area contributed by atoms with Gasteiger partial charge in [0.2, 0.25) is 0 Å². The van der Waals surface area contributed by atoms with Gasteiger partial charge in [-0.15, -0.1) is 0 Å². The van der Waals surface area contributed by atoms with E-state index in [1.165, 1.54) is 0 Å². The van der Waals surface area contributed by atoms with Crippen LogP contribution in [0.5, 0.6) is 0 Å². The van der Waals surface area contributed by atoms with Crippen molar-refractivity contribution in [1.82, 2.24) is 9.80 Å². The predicted molar refractivity (Wildman–Crippen MR) is 79.2 cm³/mol. The highest BCUT2D eigenvalue weighted by Gasteiger charge is 2.29. The van der Waals surface area contributed by atoms with E-state index >= 15 is 0 Å². The third kappa shape index (κ3) is 5.13. The fraction of sp³-hybridized carbons (Fsp3) is 0.933. The molecule has 21 heavy (non-hydrogen) atoms. The summed E-state index contributed by atoms with van der Waals surface area (Å²) in [5.74, 6) is 0. The first-order valence-corrected chi connectivity index (χ1v) is 7.85. The molecule has 2 fully saturated rings. The molecule has 2 unspecified atom stereocenters. The third-order valence-electron chi connectivity index (χ3n) is 3.86. The molecule has 6 heteroatoms. The van der Waals surface area contributed by atoms with Gasteiger partial charge in [-0.25, -0.2) is 4.79 Å². The van der Waals surface area contributed by atoms with Gasteiger partial charge in [-0.3, -0.25) is 4.90 Å². The summed E-state index contributed by atoms with van der Waals surface area (Å²) in [5, 5.41) is 10.2. The number of carbonyl (C=O) groups is 1. The van der Waals surface area contributed by atoms with Crippen molar-refractivity contribution in [2.45, 2.75) is 51.4 Å². The predicted octanol–water partition coefficient (Wildman–Crippen LogP) is 1.08. The Hall–Kier alpha value is -0.850. The smallest absolute Gasteiger partial charge is 0.410 e. The molecule has 2 aliphatic rings. The van der Waals surface area contributed by atoms with E-state index in [1.54, 1.807) is 4.90 Å². The molecule has 1 amide bonds. The zero-order chi connectivity index (χ0) is 15.5. The zero-order valence-corrected chi connectivity index (χ0v) is 13.4. The van der Waals surface area contributed by atoms with E-state index in [0.717, 1.165) is 32.5 Å². The number of amides is 1. The molecule has 122 valence electrons. The Morgan fingerprint density at radius 1 is 1.33 bits per heavy atom. The van der Waals surface area contributed by atoms with E-state index in [1.807, 2.05) is 20.8 Å². The maximum Gasteiger partial charge on any atom is 0.410 e. The highest BCUT2D eigenvalue weighted by Crippen LogP contribution is 2.17. The Labute approximate surface area is 127 Å². The molecular formula is C15H28N2O4. The normalized spacial score (nSPS) is 25.9. The van der Waals surface area contributed by atoms with Crippen LogP contribution < -0.4 is 0 Å². The van der Waals surface area contributed by atoms with Gasteiger partial charge in [0, 0.05) is 39.3 Å². The Morgan fingerprint density at radius 3 is 2.52 bits per heavy atom. The van der Waals surface area contributed by atoms with Crippen molar-refractivity contribution in [2.24, 2.45) is 0 Å². The summed E-state index contributed by atoms with van der Waals surface area (Å²) >= 11 is 0. The summed E-state index contributed by atoms with van der Waals surface area (Å²) in [6.07, 6.45) is 1.28. The molecule has 0 aromatic heterocycles. The molecule has 2 atom stereocenters. The molecule has 6 nitrogen and oxygen atoms in total. The highest BCUT2D eigenvalue weighted by molar-refractivity contribution is 5.68. The second kappa shape index (κ2) is 6.94. The first-order chi connectivity index (χ1) is 9.85. The second-order valence-electron chi connectivity index (χ2n) is 6.89. The van der Waals surface area contributed by atoms with E-state index < -0.39 is 11.7 Å². The number of piperazine rings is 1. The Balaban J connectivity index is 1.71. The molecule has 0 aromatic rings. The third-order valence-corrected chi connectivity index (χ3v) is 3.86. The van der Waals surface area contributed by atoms with E-state index in [0.29, 0.717) is 19.6 Å². The molecule has 2 saturated heterocycles. The van der Waals surface area contributed by atoms with Crippen molar-refractivity contribution in [3.05, 3.63) is 0 Å². The lowest BCUT2D eigenvalue weighted by molar-refractivity contribution is -0.0277. The number of rotatable bonds is 3. The number of β-amino-alcohol motifs (C(OH)–C–C–N with tert-alkyl or cyclic N) is 1. The lowest BCUT2D eigenvalue weighted by atomic mass is 10.1. The van der Waals surface area contributed by atoms with Gasteiger partial charge in [-0.1, -0.05) is 0 Å². The van der Waals surface area contributed by atoms with Crippen molar-refractivity contribution in [3.63, 3.8) is 0 Å². The van der Waals surface area contributed by atoms with Crippen LogP contribution >= 0.6 is 0 Å². The topological polar surface area (TPSA) is 62.2 Å². The number of ether oxygens (including phenoxy) is 2. The van der Waals surface area contributed by atoms with Crippen LogP contribution in [0, 0.1) is 0 Å². The van der Waals surface area contributed by atoms with Crippen LogP contribution in [0.3, 0.4) is 0 Å². The van der Waals surface area contributed by atoms with Crippen LogP contribution in [0.1, 0.15) is 33.6 Å². The lowest BCUT2D eigenvalue weighted by Gasteiger charge is -2.36. The van der Waals surface area contributed by atoms with Crippen LogP contribution in [0.15, 0.2) is 0 Å². The Morgan fingerprint density at radius 2 is 2.00 bits per heavy atom. The average Bonchev–Trinajstić information content (AvgIpc) is 2.91. The van der Waals surface area contributed by atoms with Gasteiger partial charge in [0.15, 0.2) is 0 Å². The zero-order valence-electron chi connectivity index (χ0n) is 13.4. The van der Waals surface area contributed by atoms with Crippen LogP contribution in [-0.4, -0.2) is 78.1 Å². The van der Waals surface area contributed by atoms with Gasteiger partial charge in [0.25, 0.3) is 0 Å². The maximum absolute atomic E-state index is 12.0. The molecule has 0 aliphatic carbocycles. The second-order valence-corrected chi connectivity index (χ2v) is 6.89. The van der Waals surface area contributed by atoms with Crippen LogP contribution in [0.2, 0.25) is 0 Å². The van der Waals surface area contributed by atoms with E-state index in [-0.39, 0.29) is 12.2 Å². The minimum absolute atomic E-state index is 0.0196. The Kier molecular flexibility index (Phi) is 5.46. The molecule has 0 bridgehead atoms. The molecule has 2 aliphatic heterocycles.